The van der Waals surface area contributed by atoms with Crippen LogP contribution in [-0.2, 0) is 11.3 Å². The van der Waals surface area contributed by atoms with E-state index in [4.69, 9.17) is 23.2 Å². The third kappa shape index (κ3) is 4.90. The van der Waals surface area contributed by atoms with E-state index in [1.165, 1.54) is 31.0 Å². The van der Waals surface area contributed by atoms with Gasteiger partial charge in [0.1, 0.15) is 0 Å². The first-order chi connectivity index (χ1) is 12.5. The molecule has 0 radical (unpaired) electrons. The Labute approximate surface area is 167 Å². The molecule has 1 amide bonds. The molecule has 1 fully saturated rings. The average Bonchev–Trinajstić information content (AvgIpc) is 3.12. The van der Waals surface area contributed by atoms with Crippen molar-refractivity contribution in [2.24, 2.45) is 0 Å². The second-order valence-electron chi connectivity index (χ2n) is 6.48. The number of aromatic nitrogens is 4. The fourth-order valence-electron chi connectivity index (χ4n) is 3.07. The van der Waals surface area contributed by atoms with Crippen LogP contribution in [0.4, 0.5) is 0 Å². The van der Waals surface area contributed by atoms with Gasteiger partial charge in [-0.05, 0) is 41.0 Å². The van der Waals surface area contributed by atoms with Gasteiger partial charge < -0.3 is 4.90 Å². The molecule has 3 rings (SSSR count). The minimum Gasteiger partial charge on any atom is -0.341 e. The lowest BCUT2D eigenvalue weighted by Crippen LogP contribution is -2.28. The van der Waals surface area contributed by atoms with Crippen molar-refractivity contribution < 1.29 is 4.79 Å². The van der Waals surface area contributed by atoms with Gasteiger partial charge in [0.25, 0.3) is 0 Å². The molecule has 0 aliphatic heterocycles. The van der Waals surface area contributed by atoms with Crippen LogP contribution >= 0.6 is 35.0 Å². The lowest BCUT2D eigenvalue weighted by Gasteiger charge is -2.22. The second kappa shape index (κ2) is 9.06. The fraction of sp³-hybridized carbons (Fsp3) is 0.529. The van der Waals surface area contributed by atoms with Gasteiger partial charge in [-0.1, -0.05) is 60.3 Å². The van der Waals surface area contributed by atoms with Gasteiger partial charge in [0.2, 0.25) is 11.1 Å². The van der Waals surface area contributed by atoms with Crippen LogP contribution in [0.25, 0.3) is 0 Å². The first kappa shape index (κ1) is 19.5. The van der Waals surface area contributed by atoms with Crippen LogP contribution in [-0.4, -0.2) is 43.8 Å². The highest BCUT2D eigenvalue weighted by atomic mass is 35.5. The Hall–Kier alpha value is -1.31. The highest BCUT2D eigenvalue weighted by Crippen LogP contribution is 2.30. The van der Waals surface area contributed by atoms with Gasteiger partial charge >= 0.3 is 0 Å². The summed E-state index contributed by atoms with van der Waals surface area (Å²) in [6.45, 7) is 0.476. The Morgan fingerprint density at radius 1 is 1.27 bits per heavy atom. The van der Waals surface area contributed by atoms with E-state index in [2.05, 4.69) is 15.5 Å². The monoisotopic (exact) mass is 413 g/mol. The SMILES string of the molecule is CN(Cc1ccc(Cl)c(Cl)c1)C(=O)CSc1nnnn1C1CCCCC1. The van der Waals surface area contributed by atoms with Crippen LogP contribution in [0.15, 0.2) is 23.4 Å². The molecular weight excluding hydrogens is 393 g/mol. The molecule has 1 aliphatic carbocycles. The van der Waals surface area contributed by atoms with Gasteiger partial charge in [-0.3, -0.25) is 4.79 Å². The third-order valence-corrected chi connectivity index (χ3v) is 6.19. The molecule has 1 aromatic carbocycles. The molecule has 0 saturated heterocycles. The molecule has 0 unspecified atom stereocenters. The van der Waals surface area contributed by atoms with E-state index in [0.717, 1.165) is 18.4 Å². The number of tetrazole rings is 1. The molecule has 1 saturated carbocycles. The van der Waals surface area contributed by atoms with Crippen molar-refractivity contribution in [1.82, 2.24) is 25.1 Å². The van der Waals surface area contributed by atoms with Crippen molar-refractivity contribution in [3.63, 3.8) is 0 Å². The van der Waals surface area contributed by atoms with E-state index < -0.39 is 0 Å². The number of halogens is 2. The van der Waals surface area contributed by atoms with E-state index >= 15 is 0 Å². The molecule has 6 nitrogen and oxygen atoms in total. The molecule has 9 heteroatoms. The largest absolute Gasteiger partial charge is 0.341 e. The second-order valence-corrected chi connectivity index (χ2v) is 8.24. The number of thioether (sulfide) groups is 1. The van der Waals surface area contributed by atoms with Crippen molar-refractivity contribution in [1.29, 1.82) is 0 Å². The zero-order valence-electron chi connectivity index (χ0n) is 14.6. The van der Waals surface area contributed by atoms with Crippen molar-refractivity contribution >= 4 is 40.9 Å². The number of benzene rings is 1. The average molecular weight is 414 g/mol. The van der Waals surface area contributed by atoms with Crippen LogP contribution in [0.1, 0.15) is 43.7 Å². The quantitative estimate of drug-likeness (QED) is 0.662. The minimum absolute atomic E-state index is 0.0132. The summed E-state index contributed by atoms with van der Waals surface area (Å²) in [7, 11) is 1.77. The highest BCUT2D eigenvalue weighted by Gasteiger charge is 2.21. The first-order valence-corrected chi connectivity index (χ1v) is 10.4. The summed E-state index contributed by atoms with van der Waals surface area (Å²) >= 11 is 13.3. The van der Waals surface area contributed by atoms with Gasteiger partial charge in [0.05, 0.1) is 21.8 Å². The van der Waals surface area contributed by atoms with E-state index in [1.807, 2.05) is 10.7 Å². The van der Waals surface area contributed by atoms with Gasteiger partial charge in [0.15, 0.2) is 0 Å². The smallest absolute Gasteiger partial charge is 0.233 e. The summed E-state index contributed by atoms with van der Waals surface area (Å²) in [6, 6.07) is 5.74. The molecule has 0 bridgehead atoms. The molecule has 1 aliphatic rings. The molecule has 1 heterocycles. The molecule has 0 N–H and O–H groups in total. The Balaban J connectivity index is 1.55. The van der Waals surface area contributed by atoms with Crippen LogP contribution < -0.4 is 0 Å². The lowest BCUT2D eigenvalue weighted by molar-refractivity contribution is -0.127. The number of carbonyl (C=O) groups excluding carboxylic acids is 1. The van der Waals surface area contributed by atoms with Crippen molar-refractivity contribution in [3.8, 4) is 0 Å². The number of amides is 1. The molecule has 26 heavy (non-hydrogen) atoms. The Bertz CT molecular complexity index is 763. The number of hydrogen-bond acceptors (Lipinski definition) is 5. The fourth-order valence-corrected chi connectivity index (χ4v) is 4.28. The van der Waals surface area contributed by atoms with E-state index in [1.54, 1.807) is 24.1 Å². The van der Waals surface area contributed by atoms with Crippen LogP contribution in [0, 0.1) is 0 Å². The summed E-state index contributed by atoms with van der Waals surface area (Å²) in [5.41, 5.74) is 0.937. The van der Waals surface area contributed by atoms with Crippen LogP contribution in [0.2, 0.25) is 10.0 Å². The Kier molecular flexibility index (Phi) is 6.78. The summed E-state index contributed by atoms with van der Waals surface area (Å²) in [5.74, 6) is 0.310. The maximum Gasteiger partial charge on any atom is 0.233 e. The number of nitrogens with zero attached hydrogens (tertiary/aromatic N) is 5. The molecule has 0 spiro atoms. The third-order valence-electron chi connectivity index (χ3n) is 4.54. The number of hydrogen-bond donors (Lipinski definition) is 0. The van der Waals surface area contributed by atoms with Gasteiger partial charge in [-0.25, -0.2) is 4.68 Å². The lowest BCUT2D eigenvalue weighted by atomic mass is 9.96. The summed E-state index contributed by atoms with van der Waals surface area (Å²) < 4.78 is 1.88. The van der Waals surface area contributed by atoms with E-state index in [0.29, 0.717) is 33.5 Å². The topological polar surface area (TPSA) is 63.9 Å². The zero-order valence-corrected chi connectivity index (χ0v) is 16.9. The Morgan fingerprint density at radius 3 is 2.77 bits per heavy atom. The predicted molar refractivity (Wildman–Crippen MR) is 104 cm³/mol. The van der Waals surface area contributed by atoms with E-state index in [9.17, 15) is 4.79 Å². The molecule has 1 aromatic heterocycles. The number of rotatable bonds is 6. The first-order valence-electron chi connectivity index (χ1n) is 8.63. The van der Waals surface area contributed by atoms with E-state index in [-0.39, 0.29) is 5.91 Å². The van der Waals surface area contributed by atoms with Crippen LogP contribution in [0.3, 0.4) is 0 Å². The van der Waals surface area contributed by atoms with Crippen molar-refractivity contribution in [3.05, 3.63) is 33.8 Å². The summed E-state index contributed by atoms with van der Waals surface area (Å²) in [5, 5.41) is 13.7. The standard InChI is InChI=1S/C17H21Cl2N5OS/c1-23(10-12-7-8-14(18)15(19)9-12)16(25)11-26-17-20-21-22-24(17)13-5-3-2-4-6-13/h7-9,13H,2-6,10-11H2,1H3. The van der Waals surface area contributed by atoms with Crippen LogP contribution in [0.5, 0.6) is 0 Å². The predicted octanol–water partition coefficient (Wildman–Crippen LogP) is 4.24. The summed E-state index contributed by atoms with van der Waals surface area (Å²) in [6.07, 6.45) is 5.90. The zero-order chi connectivity index (χ0) is 18.5. The van der Waals surface area contributed by atoms with Crippen molar-refractivity contribution in [2.45, 2.75) is 49.8 Å². The molecule has 140 valence electrons. The number of carbonyl (C=O) groups is 1. The summed E-state index contributed by atoms with van der Waals surface area (Å²) in [4.78, 5) is 14.1. The molecule has 0 atom stereocenters. The van der Waals surface area contributed by atoms with Gasteiger partial charge in [-0.2, -0.15) is 0 Å². The molecule has 2 aromatic rings. The highest BCUT2D eigenvalue weighted by molar-refractivity contribution is 7.99. The Morgan fingerprint density at radius 2 is 2.04 bits per heavy atom. The molecular formula is C17H21Cl2N5OS. The maximum absolute atomic E-state index is 12.5. The maximum atomic E-state index is 12.5. The van der Waals surface area contributed by atoms with Gasteiger partial charge in [-0.15, -0.1) is 5.10 Å². The van der Waals surface area contributed by atoms with Gasteiger partial charge in [0, 0.05) is 13.6 Å². The minimum atomic E-state index is 0.0132. The normalized spacial score (nSPS) is 15.2. The van der Waals surface area contributed by atoms with Crippen molar-refractivity contribution in [2.75, 3.05) is 12.8 Å².